The maximum Gasteiger partial charge on any atom is 0.238 e. The third-order valence-electron chi connectivity index (χ3n) is 3.27. The first kappa shape index (κ1) is 14.8. The summed E-state index contributed by atoms with van der Waals surface area (Å²) in [5.41, 5.74) is 0.807. The number of rotatable bonds is 5. The topological polar surface area (TPSA) is 53.6 Å². The van der Waals surface area contributed by atoms with Crippen LogP contribution < -0.4 is 15.4 Å². The molecule has 0 bridgehead atoms. The summed E-state index contributed by atoms with van der Waals surface area (Å²) in [4.78, 5) is 14.2. The number of benzene rings is 1. The monoisotopic (exact) mass is 277 g/mol. The number of amides is 1. The van der Waals surface area contributed by atoms with Crippen molar-refractivity contribution in [2.45, 2.75) is 19.9 Å². The van der Waals surface area contributed by atoms with Crippen molar-refractivity contribution in [3.05, 3.63) is 24.3 Å². The molecule has 0 aliphatic carbocycles. The zero-order valence-corrected chi connectivity index (χ0v) is 12.2. The second-order valence-electron chi connectivity index (χ2n) is 5.10. The SMILES string of the molecule is CCOc1ccc(NC(=O)CN2CCN[C@H](C)C2)cc1. The Bertz CT molecular complexity index is 433. The van der Waals surface area contributed by atoms with Crippen molar-refractivity contribution in [3.63, 3.8) is 0 Å². The van der Waals surface area contributed by atoms with Crippen LogP contribution in [-0.2, 0) is 4.79 Å². The quantitative estimate of drug-likeness (QED) is 0.852. The molecule has 0 radical (unpaired) electrons. The predicted octanol–water partition coefficient (Wildman–Crippen LogP) is 1.32. The third kappa shape index (κ3) is 4.51. The van der Waals surface area contributed by atoms with E-state index in [0.717, 1.165) is 31.1 Å². The number of ether oxygens (including phenoxy) is 1. The van der Waals surface area contributed by atoms with Gasteiger partial charge < -0.3 is 15.4 Å². The number of anilines is 1. The van der Waals surface area contributed by atoms with Crippen LogP contribution in [0.3, 0.4) is 0 Å². The van der Waals surface area contributed by atoms with Crippen LogP contribution in [0.25, 0.3) is 0 Å². The van der Waals surface area contributed by atoms with E-state index in [1.54, 1.807) is 0 Å². The number of nitrogens with zero attached hydrogens (tertiary/aromatic N) is 1. The summed E-state index contributed by atoms with van der Waals surface area (Å²) in [6.07, 6.45) is 0. The summed E-state index contributed by atoms with van der Waals surface area (Å²) < 4.78 is 5.37. The zero-order valence-electron chi connectivity index (χ0n) is 12.2. The van der Waals surface area contributed by atoms with Gasteiger partial charge in [0.2, 0.25) is 5.91 Å². The van der Waals surface area contributed by atoms with Crippen LogP contribution in [0.4, 0.5) is 5.69 Å². The average molecular weight is 277 g/mol. The van der Waals surface area contributed by atoms with Crippen molar-refractivity contribution >= 4 is 11.6 Å². The molecular weight excluding hydrogens is 254 g/mol. The standard InChI is InChI=1S/C15H23N3O2/c1-3-20-14-6-4-13(5-7-14)17-15(19)11-18-9-8-16-12(2)10-18/h4-7,12,16H,3,8-11H2,1-2H3,(H,17,19)/t12-/m1/s1. The molecule has 1 aromatic carbocycles. The van der Waals surface area contributed by atoms with Crippen LogP contribution >= 0.6 is 0 Å². The van der Waals surface area contributed by atoms with E-state index < -0.39 is 0 Å². The van der Waals surface area contributed by atoms with Crippen LogP contribution in [0.5, 0.6) is 5.75 Å². The fourth-order valence-corrected chi connectivity index (χ4v) is 2.36. The Hall–Kier alpha value is -1.59. The first-order chi connectivity index (χ1) is 9.67. The van der Waals surface area contributed by atoms with Gasteiger partial charge in [-0.2, -0.15) is 0 Å². The molecule has 1 aliphatic heterocycles. The molecule has 1 amide bonds. The second kappa shape index (κ2) is 7.26. The number of hydrogen-bond acceptors (Lipinski definition) is 4. The molecule has 1 atom stereocenters. The maximum absolute atomic E-state index is 12.0. The van der Waals surface area contributed by atoms with Gasteiger partial charge in [-0.3, -0.25) is 9.69 Å². The number of hydrogen-bond donors (Lipinski definition) is 2. The van der Waals surface area contributed by atoms with Crippen molar-refractivity contribution in [2.75, 3.05) is 38.1 Å². The van der Waals surface area contributed by atoms with E-state index in [9.17, 15) is 4.79 Å². The van der Waals surface area contributed by atoms with E-state index >= 15 is 0 Å². The summed E-state index contributed by atoms with van der Waals surface area (Å²) in [7, 11) is 0. The molecule has 1 aliphatic rings. The van der Waals surface area contributed by atoms with Crippen molar-refractivity contribution in [3.8, 4) is 5.75 Å². The summed E-state index contributed by atoms with van der Waals surface area (Å²) in [5, 5.41) is 6.28. The van der Waals surface area contributed by atoms with E-state index in [0.29, 0.717) is 19.2 Å². The normalized spacial score (nSPS) is 19.6. The lowest BCUT2D eigenvalue weighted by atomic mass is 10.2. The Labute approximate surface area is 120 Å². The van der Waals surface area contributed by atoms with E-state index in [2.05, 4.69) is 22.5 Å². The summed E-state index contributed by atoms with van der Waals surface area (Å²) in [6, 6.07) is 7.91. The number of nitrogens with one attached hydrogen (secondary N) is 2. The number of piperazine rings is 1. The lowest BCUT2D eigenvalue weighted by Crippen LogP contribution is -2.51. The predicted molar refractivity (Wildman–Crippen MR) is 80.1 cm³/mol. The molecule has 1 fully saturated rings. The Kier molecular flexibility index (Phi) is 5.38. The minimum absolute atomic E-state index is 0.0308. The molecule has 0 saturated carbocycles. The van der Waals surface area contributed by atoms with Crippen LogP contribution in [0.2, 0.25) is 0 Å². The van der Waals surface area contributed by atoms with Crippen molar-refractivity contribution in [1.29, 1.82) is 0 Å². The molecule has 0 aromatic heterocycles. The van der Waals surface area contributed by atoms with Gasteiger partial charge in [-0.15, -0.1) is 0 Å². The summed E-state index contributed by atoms with van der Waals surface area (Å²) in [6.45, 7) is 7.95. The van der Waals surface area contributed by atoms with Gasteiger partial charge >= 0.3 is 0 Å². The number of carbonyl (C=O) groups excluding carboxylic acids is 1. The molecule has 1 heterocycles. The molecular formula is C15H23N3O2. The van der Waals surface area contributed by atoms with Gasteiger partial charge in [0.25, 0.3) is 0 Å². The molecule has 1 saturated heterocycles. The van der Waals surface area contributed by atoms with Gasteiger partial charge in [0.15, 0.2) is 0 Å². The first-order valence-corrected chi connectivity index (χ1v) is 7.16. The highest BCUT2D eigenvalue weighted by atomic mass is 16.5. The highest BCUT2D eigenvalue weighted by molar-refractivity contribution is 5.92. The average Bonchev–Trinajstić information content (AvgIpc) is 2.41. The van der Waals surface area contributed by atoms with Gasteiger partial charge in [0.05, 0.1) is 13.2 Å². The van der Waals surface area contributed by atoms with Crippen molar-refractivity contribution in [2.24, 2.45) is 0 Å². The Balaban J connectivity index is 1.81. The molecule has 0 spiro atoms. The van der Waals surface area contributed by atoms with Crippen LogP contribution in [0.15, 0.2) is 24.3 Å². The van der Waals surface area contributed by atoms with Gasteiger partial charge in [-0.05, 0) is 38.1 Å². The molecule has 20 heavy (non-hydrogen) atoms. The molecule has 2 N–H and O–H groups in total. The Morgan fingerprint density at radius 2 is 2.20 bits per heavy atom. The minimum Gasteiger partial charge on any atom is -0.494 e. The van der Waals surface area contributed by atoms with Crippen LogP contribution in [0, 0.1) is 0 Å². The fraction of sp³-hybridized carbons (Fsp3) is 0.533. The Morgan fingerprint density at radius 3 is 2.85 bits per heavy atom. The lowest BCUT2D eigenvalue weighted by molar-refractivity contribution is -0.117. The Morgan fingerprint density at radius 1 is 1.45 bits per heavy atom. The molecule has 110 valence electrons. The van der Waals surface area contributed by atoms with Crippen LogP contribution in [0.1, 0.15) is 13.8 Å². The minimum atomic E-state index is 0.0308. The van der Waals surface area contributed by atoms with Gasteiger partial charge in [0.1, 0.15) is 5.75 Å². The highest BCUT2D eigenvalue weighted by Gasteiger charge is 2.17. The molecule has 0 unspecified atom stereocenters. The molecule has 5 heteroatoms. The van der Waals surface area contributed by atoms with E-state index in [1.807, 2.05) is 31.2 Å². The molecule has 5 nitrogen and oxygen atoms in total. The van der Waals surface area contributed by atoms with Gasteiger partial charge in [-0.25, -0.2) is 0 Å². The molecule has 2 rings (SSSR count). The first-order valence-electron chi connectivity index (χ1n) is 7.16. The summed E-state index contributed by atoms with van der Waals surface area (Å²) >= 11 is 0. The second-order valence-corrected chi connectivity index (χ2v) is 5.10. The van der Waals surface area contributed by atoms with Crippen molar-refractivity contribution < 1.29 is 9.53 Å². The van der Waals surface area contributed by atoms with Crippen LogP contribution in [-0.4, -0.2) is 49.6 Å². The lowest BCUT2D eigenvalue weighted by Gasteiger charge is -2.31. The van der Waals surface area contributed by atoms with Gasteiger partial charge in [0, 0.05) is 31.4 Å². The largest absolute Gasteiger partial charge is 0.494 e. The highest BCUT2D eigenvalue weighted by Crippen LogP contribution is 2.15. The summed E-state index contributed by atoms with van der Waals surface area (Å²) in [5.74, 6) is 0.852. The fourth-order valence-electron chi connectivity index (χ4n) is 2.36. The zero-order chi connectivity index (χ0) is 14.4. The van der Waals surface area contributed by atoms with E-state index in [1.165, 1.54) is 0 Å². The third-order valence-corrected chi connectivity index (χ3v) is 3.27. The van der Waals surface area contributed by atoms with Crippen molar-refractivity contribution in [1.82, 2.24) is 10.2 Å². The van der Waals surface area contributed by atoms with Gasteiger partial charge in [-0.1, -0.05) is 0 Å². The van der Waals surface area contributed by atoms with E-state index in [4.69, 9.17) is 4.74 Å². The number of carbonyl (C=O) groups is 1. The van der Waals surface area contributed by atoms with E-state index in [-0.39, 0.29) is 5.91 Å². The smallest absolute Gasteiger partial charge is 0.238 e. The maximum atomic E-state index is 12.0. The molecule has 1 aromatic rings.